The summed E-state index contributed by atoms with van der Waals surface area (Å²) in [6, 6.07) is 2.59. The van der Waals surface area contributed by atoms with E-state index in [-0.39, 0.29) is 11.6 Å². The van der Waals surface area contributed by atoms with Crippen LogP contribution in [0.5, 0.6) is 0 Å². The molecular weight excluding hydrogens is 232 g/mol. The van der Waals surface area contributed by atoms with Gasteiger partial charge in [-0.25, -0.2) is 4.79 Å². The molecule has 0 unspecified atom stereocenters. The molecule has 1 saturated carbocycles. The molecule has 1 aromatic rings. The number of rotatable bonds is 3. The molecule has 0 spiro atoms. The van der Waals surface area contributed by atoms with Gasteiger partial charge in [0.15, 0.2) is 0 Å². The van der Waals surface area contributed by atoms with Crippen molar-refractivity contribution in [2.75, 3.05) is 0 Å². The van der Waals surface area contributed by atoms with E-state index in [0.717, 1.165) is 19.4 Å². The van der Waals surface area contributed by atoms with Gasteiger partial charge in [0, 0.05) is 18.1 Å². The Labute approximate surface area is 107 Å². The van der Waals surface area contributed by atoms with Crippen molar-refractivity contribution >= 4 is 17.4 Å². The number of nitrogens with zero attached hydrogens (tertiary/aromatic N) is 1. The van der Waals surface area contributed by atoms with Gasteiger partial charge >= 0.3 is 6.03 Å². The van der Waals surface area contributed by atoms with Crippen LogP contribution in [0.3, 0.4) is 0 Å². The molecule has 1 aliphatic rings. The first kappa shape index (κ1) is 12.4. The second kappa shape index (κ2) is 4.69. The van der Waals surface area contributed by atoms with Gasteiger partial charge in [-0.1, -0.05) is 0 Å². The summed E-state index contributed by atoms with van der Waals surface area (Å²) in [4.78, 5) is 14.2. The molecule has 0 bridgehead atoms. The quantitative estimate of drug-likeness (QED) is 0.880. The summed E-state index contributed by atoms with van der Waals surface area (Å²) in [6.07, 6.45) is 2.28. The van der Waals surface area contributed by atoms with Crippen molar-refractivity contribution in [3.63, 3.8) is 0 Å². The number of hydrogen-bond acceptors (Lipinski definition) is 2. The molecule has 17 heavy (non-hydrogen) atoms. The smallest absolute Gasteiger partial charge is 0.318 e. The van der Waals surface area contributed by atoms with Gasteiger partial charge in [-0.05, 0) is 56.0 Å². The van der Waals surface area contributed by atoms with E-state index in [1.54, 1.807) is 11.3 Å². The number of nitrogens with one attached hydrogen (secondary N) is 1. The standard InChI is InChI=1S/C13H20N2OS/c1-13(2,3)14-12(16)15(11-4-5-11)8-10-6-7-17-9-10/h6-7,9,11H,4-5,8H2,1-3H3,(H,14,16). The fraction of sp³-hybridized carbons (Fsp3) is 0.615. The lowest BCUT2D eigenvalue weighted by Gasteiger charge is -2.28. The van der Waals surface area contributed by atoms with E-state index in [1.807, 2.05) is 25.7 Å². The van der Waals surface area contributed by atoms with Gasteiger partial charge in [0.05, 0.1) is 0 Å². The SMILES string of the molecule is CC(C)(C)NC(=O)N(Cc1ccsc1)C1CC1. The largest absolute Gasteiger partial charge is 0.333 e. The molecule has 0 aromatic carbocycles. The van der Waals surface area contributed by atoms with E-state index in [0.29, 0.717) is 6.04 Å². The molecule has 1 aromatic heterocycles. The zero-order valence-corrected chi connectivity index (χ0v) is 11.5. The zero-order chi connectivity index (χ0) is 12.5. The van der Waals surface area contributed by atoms with Crippen molar-refractivity contribution in [1.29, 1.82) is 0 Å². The topological polar surface area (TPSA) is 32.3 Å². The van der Waals surface area contributed by atoms with Crippen LogP contribution in [-0.2, 0) is 6.54 Å². The highest BCUT2D eigenvalue weighted by Crippen LogP contribution is 2.29. The lowest BCUT2D eigenvalue weighted by Crippen LogP contribution is -2.48. The fourth-order valence-corrected chi connectivity index (χ4v) is 2.38. The predicted octanol–water partition coefficient (Wildman–Crippen LogP) is 3.22. The van der Waals surface area contributed by atoms with Crippen molar-refractivity contribution in [3.8, 4) is 0 Å². The Kier molecular flexibility index (Phi) is 3.43. The molecule has 0 radical (unpaired) electrons. The zero-order valence-electron chi connectivity index (χ0n) is 10.7. The Bertz CT molecular complexity index is 377. The van der Waals surface area contributed by atoms with Crippen LogP contribution in [0.2, 0.25) is 0 Å². The molecule has 2 rings (SSSR count). The third-order valence-electron chi connectivity index (χ3n) is 2.66. The normalized spacial score (nSPS) is 15.7. The molecule has 3 nitrogen and oxygen atoms in total. The Balaban J connectivity index is 1.99. The first-order valence-corrected chi connectivity index (χ1v) is 7.00. The van der Waals surface area contributed by atoms with Crippen LogP contribution in [0.4, 0.5) is 4.79 Å². The summed E-state index contributed by atoms with van der Waals surface area (Å²) >= 11 is 1.68. The Morgan fingerprint density at radius 3 is 2.71 bits per heavy atom. The summed E-state index contributed by atoms with van der Waals surface area (Å²) in [5.41, 5.74) is 1.06. The first-order chi connectivity index (χ1) is 7.96. The minimum Gasteiger partial charge on any atom is -0.333 e. The Morgan fingerprint density at radius 2 is 2.24 bits per heavy atom. The summed E-state index contributed by atoms with van der Waals surface area (Å²) in [5, 5.41) is 7.21. The van der Waals surface area contributed by atoms with Crippen LogP contribution in [0.25, 0.3) is 0 Å². The van der Waals surface area contributed by atoms with E-state index in [2.05, 4.69) is 22.1 Å². The predicted molar refractivity (Wildman–Crippen MR) is 71.2 cm³/mol. The van der Waals surface area contributed by atoms with Crippen molar-refractivity contribution in [2.45, 2.75) is 51.7 Å². The minimum atomic E-state index is -0.168. The Hall–Kier alpha value is -1.03. The van der Waals surface area contributed by atoms with Crippen LogP contribution in [0.1, 0.15) is 39.2 Å². The number of hydrogen-bond donors (Lipinski definition) is 1. The third kappa shape index (κ3) is 3.73. The molecule has 1 heterocycles. The van der Waals surface area contributed by atoms with E-state index in [9.17, 15) is 4.79 Å². The summed E-state index contributed by atoms with van der Waals surface area (Å²) in [6.45, 7) is 6.78. The maximum Gasteiger partial charge on any atom is 0.318 e. The highest BCUT2D eigenvalue weighted by atomic mass is 32.1. The molecule has 2 amide bonds. The highest BCUT2D eigenvalue weighted by molar-refractivity contribution is 7.07. The molecular formula is C13H20N2OS. The average molecular weight is 252 g/mol. The average Bonchev–Trinajstić information content (AvgIpc) is 2.89. The number of urea groups is 1. The molecule has 0 saturated heterocycles. The van der Waals surface area contributed by atoms with Gasteiger partial charge in [0.2, 0.25) is 0 Å². The third-order valence-corrected chi connectivity index (χ3v) is 3.40. The lowest BCUT2D eigenvalue weighted by molar-refractivity contribution is 0.183. The summed E-state index contributed by atoms with van der Waals surface area (Å²) in [7, 11) is 0. The molecule has 0 aliphatic heterocycles. The van der Waals surface area contributed by atoms with Gasteiger partial charge in [0.1, 0.15) is 0 Å². The summed E-state index contributed by atoms with van der Waals surface area (Å²) in [5.74, 6) is 0. The number of carbonyl (C=O) groups is 1. The second-order valence-corrected chi connectivity index (χ2v) is 6.45. The molecule has 0 atom stereocenters. The first-order valence-electron chi connectivity index (χ1n) is 6.05. The molecule has 1 N–H and O–H groups in total. The van der Waals surface area contributed by atoms with Crippen LogP contribution in [0, 0.1) is 0 Å². The van der Waals surface area contributed by atoms with Crippen LogP contribution in [0.15, 0.2) is 16.8 Å². The van der Waals surface area contributed by atoms with Gasteiger partial charge in [-0.15, -0.1) is 0 Å². The monoisotopic (exact) mass is 252 g/mol. The van der Waals surface area contributed by atoms with E-state index in [4.69, 9.17) is 0 Å². The van der Waals surface area contributed by atoms with E-state index in [1.165, 1.54) is 5.56 Å². The van der Waals surface area contributed by atoms with Gasteiger partial charge < -0.3 is 10.2 Å². The van der Waals surface area contributed by atoms with Gasteiger partial charge in [-0.2, -0.15) is 11.3 Å². The minimum absolute atomic E-state index is 0.0613. The van der Waals surface area contributed by atoms with Crippen LogP contribution >= 0.6 is 11.3 Å². The van der Waals surface area contributed by atoms with E-state index < -0.39 is 0 Å². The van der Waals surface area contributed by atoms with Crippen molar-refractivity contribution < 1.29 is 4.79 Å². The lowest BCUT2D eigenvalue weighted by atomic mass is 10.1. The number of amides is 2. The van der Waals surface area contributed by atoms with Gasteiger partial charge in [0.25, 0.3) is 0 Å². The number of carbonyl (C=O) groups excluding carboxylic acids is 1. The molecule has 1 aliphatic carbocycles. The summed E-state index contributed by atoms with van der Waals surface area (Å²) < 4.78 is 0. The molecule has 94 valence electrons. The maximum absolute atomic E-state index is 12.2. The van der Waals surface area contributed by atoms with Crippen molar-refractivity contribution in [2.24, 2.45) is 0 Å². The fourth-order valence-electron chi connectivity index (χ4n) is 1.72. The van der Waals surface area contributed by atoms with Gasteiger partial charge in [-0.3, -0.25) is 0 Å². The van der Waals surface area contributed by atoms with Crippen LogP contribution in [-0.4, -0.2) is 22.5 Å². The maximum atomic E-state index is 12.2. The number of thiophene rings is 1. The van der Waals surface area contributed by atoms with E-state index >= 15 is 0 Å². The highest BCUT2D eigenvalue weighted by Gasteiger charge is 2.33. The van der Waals surface area contributed by atoms with Crippen molar-refractivity contribution in [3.05, 3.63) is 22.4 Å². The van der Waals surface area contributed by atoms with Crippen LogP contribution < -0.4 is 5.32 Å². The Morgan fingerprint density at radius 1 is 1.53 bits per heavy atom. The van der Waals surface area contributed by atoms with Crippen molar-refractivity contribution in [1.82, 2.24) is 10.2 Å². The second-order valence-electron chi connectivity index (χ2n) is 5.67. The molecule has 4 heteroatoms. The molecule has 1 fully saturated rings.